The van der Waals surface area contributed by atoms with E-state index in [0.717, 1.165) is 18.9 Å². The number of aromatic amines is 1. The van der Waals surface area contributed by atoms with Crippen LogP contribution in [0.1, 0.15) is 11.4 Å². The molecule has 0 unspecified atom stereocenters. The lowest BCUT2D eigenvalue weighted by Crippen LogP contribution is -2.22. The Hall–Kier alpha value is -2.07. The van der Waals surface area contributed by atoms with Crippen LogP contribution < -0.4 is 4.90 Å². The topological polar surface area (TPSA) is 31.9 Å². The van der Waals surface area contributed by atoms with Crippen LogP contribution in [0, 0.1) is 0 Å². The Kier molecular flexibility index (Phi) is 3.61. The fourth-order valence-electron chi connectivity index (χ4n) is 2.05. The van der Waals surface area contributed by atoms with E-state index in [9.17, 15) is 0 Å². The van der Waals surface area contributed by atoms with Crippen LogP contribution in [0.2, 0.25) is 0 Å². The van der Waals surface area contributed by atoms with E-state index in [2.05, 4.69) is 56.0 Å². The Bertz CT molecular complexity index is 551. The second-order valence-electron chi connectivity index (χ2n) is 4.36. The van der Waals surface area contributed by atoms with Gasteiger partial charge in [-0.25, -0.2) is 4.98 Å². The van der Waals surface area contributed by atoms with Crippen LogP contribution in [0.3, 0.4) is 0 Å². The van der Waals surface area contributed by atoms with Crippen molar-refractivity contribution in [1.29, 1.82) is 0 Å². The number of H-pyrrole nitrogens is 1. The van der Waals surface area contributed by atoms with Gasteiger partial charge in [0.05, 0.1) is 6.54 Å². The van der Waals surface area contributed by atoms with Gasteiger partial charge in [0.2, 0.25) is 0 Å². The summed E-state index contributed by atoms with van der Waals surface area (Å²) in [5.41, 5.74) is 2.55. The van der Waals surface area contributed by atoms with Crippen molar-refractivity contribution in [3.8, 4) is 0 Å². The van der Waals surface area contributed by atoms with Gasteiger partial charge in [0.15, 0.2) is 0 Å². The maximum absolute atomic E-state index is 4.32. The van der Waals surface area contributed by atoms with Gasteiger partial charge in [-0.1, -0.05) is 18.2 Å². The van der Waals surface area contributed by atoms with Gasteiger partial charge in [-0.15, -0.1) is 0 Å². The first-order valence-electron chi connectivity index (χ1n) is 6.21. The van der Waals surface area contributed by atoms with Crippen LogP contribution in [0.4, 0.5) is 5.69 Å². The first kappa shape index (κ1) is 12.0. The number of nitrogens with one attached hydrogen (secondary N) is 1. The summed E-state index contributed by atoms with van der Waals surface area (Å²) in [6, 6.07) is 12.6. The first-order chi connectivity index (χ1) is 9.42. The molecule has 4 heteroatoms. The molecule has 3 nitrogen and oxygen atoms in total. The molecule has 0 atom stereocenters. The number of thiophene rings is 1. The Morgan fingerprint density at radius 2 is 2.00 bits per heavy atom. The average Bonchev–Trinajstić information content (AvgIpc) is 3.12. The van der Waals surface area contributed by atoms with E-state index >= 15 is 0 Å². The van der Waals surface area contributed by atoms with Crippen LogP contribution in [-0.2, 0) is 13.1 Å². The SMILES string of the molecule is c1ccc(N(Cc2ccsc2)Cc2ncc[nH]2)cc1. The summed E-state index contributed by atoms with van der Waals surface area (Å²) in [7, 11) is 0. The second kappa shape index (κ2) is 5.71. The molecule has 19 heavy (non-hydrogen) atoms. The van der Waals surface area contributed by atoms with E-state index < -0.39 is 0 Å². The van der Waals surface area contributed by atoms with Crippen molar-refractivity contribution in [2.75, 3.05) is 4.90 Å². The Balaban J connectivity index is 1.83. The van der Waals surface area contributed by atoms with Crippen molar-refractivity contribution >= 4 is 17.0 Å². The molecular formula is C15H15N3S. The maximum Gasteiger partial charge on any atom is 0.125 e. The molecule has 1 N–H and O–H groups in total. The molecule has 0 fully saturated rings. The highest BCUT2D eigenvalue weighted by atomic mass is 32.1. The summed E-state index contributed by atoms with van der Waals surface area (Å²) in [5, 5.41) is 4.31. The molecule has 3 rings (SSSR count). The molecule has 2 aromatic heterocycles. The van der Waals surface area contributed by atoms with Crippen molar-refractivity contribution in [2.45, 2.75) is 13.1 Å². The Morgan fingerprint density at radius 1 is 1.11 bits per heavy atom. The fourth-order valence-corrected chi connectivity index (χ4v) is 2.71. The average molecular weight is 269 g/mol. The third-order valence-electron chi connectivity index (χ3n) is 2.97. The van der Waals surface area contributed by atoms with Crippen molar-refractivity contribution in [1.82, 2.24) is 9.97 Å². The highest BCUT2D eigenvalue weighted by molar-refractivity contribution is 7.07. The molecule has 0 amide bonds. The number of benzene rings is 1. The van der Waals surface area contributed by atoms with Gasteiger partial charge in [-0.3, -0.25) is 0 Å². The van der Waals surface area contributed by atoms with Gasteiger partial charge in [-0.2, -0.15) is 11.3 Å². The number of aromatic nitrogens is 2. The monoisotopic (exact) mass is 269 g/mol. The van der Waals surface area contributed by atoms with E-state index in [4.69, 9.17) is 0 Å². The summed E-state index contributed by atoms with van der Waals surface area (Å²) < 4.78 is 0. The number of imidazole rings is 1. The normalized spacial score (nSPS) is 10.5. The van der Waals surface area contributed by atoms with Crippen molar-refractivity contribution in [3.63, 3.8) is 0 Å². The van der Waals surface area contributed by atoms with Crippen molar-refractivity contribution in [2.24, 2.45) is 0 Å². The first-order valence-corrected chi connectivity index (χ1v) is 7.15. The minimum Gasteiger partial charge on any atom is -0.360 e. The van der Waals surface area contributed by atoms with Crippen molar-refractivity contribution < 1.29 is 0 Å². The molecule has 1 aromatic carbocycles. The highest BCUT2D eigenvalue weighted by Gasteiger charge is 2.09. The number of nitrogens with zero attached hydrogens (tertiary/aromatic N) is 2. The number of anilines is 1. The van der Waals surface area contributed by atoms with E-state index in [-0.39, 0.29) is 0 Å². The zero-order valence-corrected chi connectivity index (χ0v) is 11.3. The van der Waals surface area contributed by atoms with E-state index in [1.54, 1.807) is 17.5 Å². The maximum atomic E-state index is 4.32. The Labute approximate surface area is 116 Å². The fraction of sp³-hybridized carbons (Fsp3) is 0.133. The third kappa shape index (κ3) is 3.03. The molecular weight excluding hydrogens is 254 g/mol. The lowest BCUT2D eigenvalue weighted by Gasteiger charge is -2.23. The molecule has 3 aromatic rings. The van der Waals surface area contributed by atoms with Crippen LogP contribution in [-0.4, -0.2) is 9.97 Å². The summed E-state index contributed by atoms with van der Waals surface area (Å²) in [6.07, 6.45) is 3.66. The smallest absolute Gasteiger partial charge is 0.125 e. The lowest BCUT2D eigenvalue weighted by molar-refractivity contribution is 0.768. The van der Waals surface area contributed by atoms with Crippen molar-refractivity contribution in [3.05, 3.63) is 70.9 Å². The Morgan fingerprint density at radius 3 is 2.68 bits per heavy atom. The highest BCUT2D eigenvalue weighted by Crippen LogP contribution is 2.19. The van der Waals surface area contributed by atoms with Gasteiger partial charge < -0.3 is 9.88 Å². The molecule has 0 spiro atoms. The number of para-hydroxylation sites is 1. The minimum absolute atomic E-state index is 0.785. The third-order valence-corrected chi connectivity index (χ3v) is 3.70. The van der Waals surface area contributed by atoms with E-state index in [0.29, 0.717) is 0 Å². The molecule has 0 radical (unpaired) electrons. The van der Waals surface area contributed by atoms with Crippen LogP contribution >= 0.6 is 11.3 Å². The summed E-state index contributed by atoms with van der Waals surface area (Å²) in [5.74, 6) is 0.985. The molecule has 0 bridgehead atoms. The van der Waals surface area contributed by atoms with Gasteiger partial charge in [0, 0.05) is 24.6 Å². The number of rotatable bonds is 5. The van der Waals surface area contributed by atoms with Gasteiger partial charge in [0.25, 0.3) is 0 Å². The summed E-state index contributed by atoms with van der Waals surface area (Å²) in [4.78, 5) is 9.80. The molecule has 0 aliphatic heterocycles. The molecule has 0 saturated carbocycles. The zero-order valence-electron chi connectivity index (χ0n) is 10.5. The van der Waals surface area contributed by atoms with Gasteiger partial charge in [-0.05, 0) is 34.5 Å². The van der Waals surface area contributed by atoms with Gasteiger partial charge in [0.1, 0.15) is 5.82 Å². The second-order valence-corrected chi connectivity index (χ2v) is 5.14. The van der Waals surface area contributed by atoms with Crippen LogP contribution in [0.5, 0.6) is 0 Å². The molecule has 0 aliphatic rings. The molecule has 96 valence electrons. The van der Waals surface area contributed by atoms with Crippen LogP contribution in [0.25, 0.3) is 0 Å². The minimum atomic E-state index is 0.785. The van der Waals surface area contributed by atoms with E-state index in [1.165, 1.54) is 11.3 Å². The van der Waals surface area contributed by atoms with Gasteiger partial charge >= 0.3 is 0 Å². The summed E-state index contributed by atoms with van der Waals surface area (Å²) >= 11 is 1.73. The largest absolute Gasteiger partial charge is 0.360 e. The lowest BCUT2D eigenvalue weighted by atomic mass is 10.2. The zero-order chi connectivity index (χ0) is 12.9. The molecule has 0 saturated heterocycles. The number of hydrogen-bond donors (Lipinski definition) is 1. The summed E-state index contributed by atoms with van der Waals surface area (Å²) in [6.45, 7) is 1.68. The molecule has 0 aliphatic carbocycles. The predicted octanol–water partition coefficient (Wildman–Crippen LogP) is 3.68. The quantitative estimate of drug-likeness (QED) is 0.766. The van der Waals surface area contributed by atoms with Crippen LogP contribution in [0.15, 0.2) is 59.6 Å². The van der Waals surface area contributed by atoms with E-state index in [1.807, 2.05) is 12.3 Å². The molecule has 2 heterocycles. The number of hydrogen-bond acceptors (Lipinski definition) is 3. The standard InChI is InChI=1S/C15H15N3S/c1-2-4-14(5-3-1)18(10-13-6-9-19-12-13)11-15-16-7-8-17-15/h1-9,12H,10-11H2,(H,16,17). The predicted molar refractivity (Wildman–Crippen MR) is 79.2 cm³/mol.